The number of aromatic hydroxyl groups is 1. The average Bonchev–Trinajstić information content (AvgIpc) is 3.03. The summed E-state index contributed by atoms with van der Waals surface area (Å²) in [6.45, 7) is 2.31. The first-order valence-corrected chi connectivity index (χ1v) is 13.5. The van der Waals surface area contributed by atoms with Crippen LogP contribution >= 0.6 is 0 Å². The number of fused-ring (bicyclic) bond motifs is 1. The smallest absolute Gasteiger partial charge is 0.305 e. The van der Waals surface area contributed by atoms with Gasteiger partial charge >= 0.3 is 5.97 Å². The van der Waals surface area contributed by atoms with E-state index < -0.39 is 48.2 Å². The summed E-state index contributed by atoms with van der Waals surface area (Å²) in [5.74, 6) is -4.05. The number of carboxylic acids is 1. The highest BCUT2D eigenvalue weighted by Crippen LogP contribution is 2.33. The first-order valence-electron chi connectivity index (χ1n) is 13.5. The Kier molecular flexibility index (Phi) is 9.04. The highest BCUT2D eigenvalue weighted by atomic mass is 16.4. The maximum Gasteiger partial charge on any atom is 0.305 e. The summed E-state index contributed by atoms with van der Waals surface area (Å²) in [7, 11) is 0. The van der Waals surface area contributed by atoms with Crippen molar-refractivity contribution < 1.29 is 39.0 Å². The van der Waals surface area contributed by atoms with Crippen LogP contribution in [0.2, 0.25) is 0 Å². The quantitative estimate of drug-likeness (QED) is 0.199. The SMILES string of the molecule is Cc1cc(C(=O)NC2CN(C(=O)C=O)c3ccccc3N(CC(=O)NC(C=C3CCC3)CC(=O)O)C2=O)cc(C)c1O. The van der Waals surface area contributed by atoms with Gasteiger partial charge in [0.2, 0.25) is 12.2 Å². The molecule has 4 N–H and O–H groups in total. The van der Waals surface area contributed by atoms with E-state index in [1.165, 1.54) is 24.3 Å². The van der Waals surface area contributed by atoms with Crippen molar-refractivity contribution in [2.45, 2.75) is 51.6 Å². The minimum Gasteiger partial charge on any atom is -0.507 e. The van der Waals surface area contributed by atoms with Crippen molar-refractivity contribution in [3.8, 4) is 5.75 Å². The molecule has 1 heterocycles. The Labute approximate surface area is 242 Å². The highest BCUT2D eigenvalue weighted by Gasteiger charge is 2.38. The molecule has 220 valence electrons. The molecule has 12 heteroatoms. The summed E-state index contributed by atoms with van der Waals surface area (Å²) in [5.41, 5.74) is 2.45. The molecule has 4 amide bonds. The van der Waals surface area contributed by atoms with Gasteiger partial charge in [-0.3, -0.25) is 33.7 Å². The molecule has 42 heavy (non-hydrogen) atoms. The Bertz CT molecular complexity index is 1450. The fourth-order valence-corrected chi connectivity index (χ4v) is 5.03. The average molecular weight is 577 g/mol. The second-order valence-corrected chi connectivity index (χ2v) is 10.4. The number of carboxylic acid groups (broad SMARTS) is 1. The summed E-state index contributed by atoms with van der Waals surface area (Å²) >= 11 is 0. The Balaban J connectivity index is 1.66. The third-order valence-corrected chi connectivity index (χ3v) is 7.29. The highest BCUT2D eigenvalue weighted by molar-refractivity contribution is 6.31. The molecule has 2 aromatic carbocycles. The number of phenols is 1. The molecule has 2 aromatic rings. The van der Waals surface area contributed by atoms with E-state index >= 15 is 0 Å². The van der Waals surface area contributed by atoms with Crippen LogP contribution in [-0.2, 0) is 24.0 Å². The second kappa shape index (κ2) is 12.7. The predicted octanol–water partition coefficient (Wildman–Crippen LogP) is 1.76. The third-order valence-electron chi connectivity index (χ3n) is 7.29. The van der Waals surface area contributed by atoms with Crippen LogP contribution in [0.15, 0.2) is 48.0 Å². The molecule has 1 saturated carbocycles. The van der Waals surface area contributed by atoms with Crippen molar-refractivity contribution in [3.63, 3.8) is 0 Å². The standard InChI is InChI=1S/C30H32N4O8/c1-17-10-20(11-18(2)28(17)40)29(41)32-22-14-33(26(37)16-35)23-8-3-4-9-24(23)34(30(22)42)15-25(36)31-21(13-27(38)39)12-19-6-5-7-19/h3-4,8-12,16,21-22,40H,5-7,13-15H2,1-2H3,(H,31,36)(H,32,41)(H,38,39). The van der Waals surface area contributed by atoms with E-state index in [4.69, 9.17) is 0 Å². The van der Waals surface area contributed by atoms with Crippen LogP contribution in [0, 0.1) is 13.8 Å². The largest absolute Gasteiger partial charge is 0.507 e. The third kappa shape index (κ3) is 6.65. The predicted molar refractivity (Wildman–Crippen MR) is 152 cm³/mol. The summed E-state index contributed by atoms with van der Waals surface area (Å²) < 4.78 is 0. The summed E-state index contributed by atoms with van der Waals surface area (Å²) in [6.07, 6.45) is 4.12. The van der Waals surface area contributed by atoms with Crippen molar-refractivity contribution in [3.05, 3.63) is 64.7 Å². The van der Waals surface area contributed by atoms with Gasteiger partial charge in [-0.2, -0.15) is 0 Å². The van der Waals surface area contributed by atoms with Crippen LogP contribution in [0.25, 0.3) is 0 Å². The number of nitrogens with one attached hydrogen (secondary N) is 2. The van der Waals surface area contributed by atoms with Gasteiger partial charge in [0, 0.05) is 5.56 Å². The van der Waals surface area contributed by atoms with Gasteiger partial charge in [0.1, 0.15) is 18.3 Å². The number of aldehydes is 1. The van der Waals surface area contributed by atoms with Crippen LogP contribution < -0.4 is 20.4 Å². The van der Waals surface area contributed by atoms with Crippen LogP contribution in [0.3, 0.4) is 0 Å². The molecular weight excluding hydrogens is 544 g/mol. The number of carbonyl (C=O) groups is 6. The van der Waals surface area contributed by atoms with Gasteiger partial charge in [0.05, 0.1) is 30.4 Å². The Morgan fingerprint density at radius 2 is 1.71 bits per heavy atom. The number of hydrogen-bond donors (Lipinski definition) is 4. The van der Waals surface area contributed by atoms with Crippen LogP contribution in [-0.4, -0.2) is 71.3 Å². The molecule has 0 spiro atoms. The van der Waals surface area contributed by atoms with Crippen molar-refractivity contribution in [2.75, 3.05) is 22.9 Å². The monoisotopic (exact) mass is 576 g/mol. The zero-order valence-electron chi connectivity index (χ0n) is 23.3. The van der Waals surface area contributed by atoms with E-state index in [9.17, 15) is 39.0 Å². The summed E-state index contributed by atoms with van der Waals surface area (Å²) in [6, 6.07) is 6.97. The Hall–Kier alpha value is -5.00. The number of anilines is 2. The lowest BCUT2D eigenvalue weighted by Gasteiger charge is -2.26. The molecule has 2 aliphatic rings. The molecular formula is C30H32N4O8. The minimum atomic E-state index is -1.36. The van der Waals surface area contributed by atoms with Gasteiger partial charge in [-0.15, -0.1) is 0 Å². The van der Waals surface area contributed by atoms with Gasteiger partial charge in [-0.05, 0) is 68.5 Å². The number of hydrogen-bond acceptors (Lipinski definition) is 7. The Morgan fingerprint density at radius 1 is 1.07 bits per heavy atom. The van der Waals surface area contributed by atoms with E-state index in [-0.39, 0.29) is 41.9 Å². The van der Waals surface area contributed by atoms with E-state index in [2.05, 4.69) is 10.6 Å². The maximum absolute atomic E-state index is 13.9. The molecule has 1 aliphatic carbocycles. The zero-order chi connectivity index (χ0) is 30.6. The normalized spacial score (nSPS) is 16.9. The van der Waals surface area contributed by atoms with E-state index in [1.54, 1.807) is 32.1 Å². The summed E-state index contributed by atoms with van der Waals surface area (Å²) in [5, 5.41) is 24.7. The van der Waals surface area contributed by atoms with Crippen molar-refractivity contribution in [1.29, 1.82) is 0 Å². The van der Waals surface area contributed by atoms with Gasteiger partial charge in [-0.1, -0.05) is 23.8 Å². The van der Waals surface area contributed by atoms with E-state index in [1.807, 2.05) is 0 Å². The number of nitrogens with zero attached hydrogens (tertiary/aromatic N) is 2. The second-order valence-electron chi connectivity index (χ2n) is 10.4. The Morgan fingerprint density at radius 3 is 2.29 bits per heavy atom. The number of amides is 4. The lowest BCUT2D eigenvalue weighted by molar-refractivity contribution is -0.137. The molecule has 2 atom stereocenters. The first-order chi connectivity index (χ1) is 20.0. The van der Waals surface area contributed by atoms with Crippen LogP contribution in [0.4, 0.5) is 11.4 Å². The van der Waals surface area contributed by atoms with Gasteiger partial charge in [0.25, 0.3) is 17.7 Å². The lowest BCUT2D eigenvalue weighted by Crippen LogP contribution is -2.54. The number of aliphatic carboxylic acids is 1. The van der Waals surface area contributed by atoms with E-state index in [0.717, 1.165) is 34.6 Å². The van der Waals surface area contributed by atoms with Crippen molar-refractivity contribution >= 4 is 47.3 Å². The topological polar surface area (TPSA) is 173 Å². The van der Waals surface area contributed by atoms with Crippen molar-refractivity contribution in [2.24, 2.45) is 0 Å². The van der Waals surface area contributed by atoms with Gasteiger partial charge < -0.3 is 25.7 Å². The number of phenolic OH excluding ortho intramolecular Hbond substituents is 1. The van der Waals surface area contributed by atoms with Crippen molar-refractivity contribution in [1.82, 2.24) is 10.6 Å². The molecule has 0 radical (unpaired) electrons. The number of benzene rings is 2. The number of carbonyl (C=O) groups excluding carboxylic acids is 5. The minimum absolute atomic E-state index is 0.0293. The fraction of sp³-hybridized carbons (Fsp3) is 0.333. The fourth-order valence-electron chi connectivity index (χ4n) is 5.03. The van der Waals surface area contributed by atoms with Crippen LogP contribution in [0.5, 0.6) is 5.75 Å². The number of rotatable bonds is 9. The summed E-state index contributed by atoms with van der Waals surface area (Å²) in [4.78, 5) is 78.2. The molecule has 1 fully saturated rings. The number of allylic oxidation sites excluding steroid dienone is 1. The van der Waals surface area contributed by atoms with E-state index in [0.29, 0.717) is 11.1 Å². The van der Waals surface area contributed by atoms with Gasteiger partial charge in [0.15, 0.2) is 0 Å². The molecule has 2 unspecified atom stereocenters. The van der Waals surface area contributed by atoms with Crippen LogP contribution in [0.1, 0.15) is 47.2 Å². The molecule has 0 aromatic heterocycles. The molecule has 0 bridgehead atoms. The number of aryl methyl sites for hydroxylation is 2. The first kappa shape index (κ1) is 30.0. The number of para-hydroxylation sites is 2. The molecule has 4 rings (SSSR count). The zero-order valence-corrected chi connectivity index (χ0v) is 23.3. The molecule has 12 nitrogen and oxygen atoms in total. The molecule has 1 aliphatic heterocycles. The maximum atomic E-state index is 13.9. The molecule has 0 saturated heterocycles. The lowest BCUT2D eigenvalue weighted by atomic mass is 9.90. The van der Waals surface area contributed by atoms with Gasteiger partial charge in [-0.25, -0.2) is 0 Å².